The van der Waals surface area contributed by atoms with Crippen molar-refractivity contribution in [3.63, 3.8) is 0 Å². The van der Waals surface area contributed by atoms with Crippen molar-refractivity contribution in [2.75, 3.05) is 7.11 Å². The van der Waals surface area contributed by atoms with Crippen LogP contribution in [0.4, 0.5) is 0 Å². The smallest absolute Gasteiger partial charge is 0.118 e. The number of aromatic amines is 1. The van der Waals surface area contributed by atoms with E-state index in [0.29, 0.717) is 0 Å². The maximum atomic E-state index is 5.16. The molecule has 114 valence electrons. The highest BCUT2D eigenvalue weighted by Gasteiger charge is 2.04. The Kier molecular flexibility index (Phi) is 4.20. The van der Waals surface area contributed by atoms with Gasteiger partial charge in [-0.15, -0.1) is 0 Å². The second kappa shape index (κ2) is 6.44. The SMILES string of the molecule is COc1ccc(-c2cc(CNCc3cnn(C)c3)[nH]n2)cc1. The Balaban J connectivity index is 1.58. The van der Waals surface area contributed by atoms with E-state index in [1.807, 2.05) is 43.7 Å². The standard InChI is InChI=1S/C16H19N5O/c1-21-11-12(9-18-21)8-17-10-14-7-16(20-19-14)13-3-5-15(22-2)6-4-13/h3-7,9,11,17H,8,10H2,1-2H3,(H,19,20). The van der Waals surface area contributed by atoms with Crippen molar-refractivity contribution in [2.45, 2.75) is 13.1 Å². The van der Waals surface area contributed by atoms with Gasteiger partial charge in [-0.25, -0.2) is 0 Å². The molecule has 0 unspecified atom stereocenters. The summed E-state index contributed by atoms with van der Waals surface area (Å²) in [4.78, 5) is 0. The van der Waals surface area contributed by atoms with Gasteiger partial charge in [0.2, 0.25) is 0 Å². The third-order valence-electron chi connectivity index (χ3n) is 3.42. The predicted molar refractivity (Wildman–Crippen MR) is 84.3 cm³/mol. The summed E-state index contributed by atoms with van der Waals surface area (Å²) in [5.41, 5.74) is 4.21. The molecule has 22 heavy (non-hydrogen) atoms. The Morgan fingerprint density at radius 2 is 2.05 bits per heavy atom. The van der Waals surface area contributed by atoms with Gasteiger partial charge in [0.05, 0.1) is 19.0 Å². The van der Waals surface area contributed by atoms with Gasteiger partial charge >= 0.3 is 0 Å². The first-order valence-electron chi connectivity index (χ1n) is 7.11. The summed E-state index contributed by atoms with van der Waals surface area (Å²) in [6.07, 6.45) is 3.87. The normalized spacial score (nSPS) is 10.8. The van der Waals surface area contributed by atoms with Crippen LogP contribution in [0.2, 0.25) is 0 Å². The number of ether oxygens (including phenoxy) is 1. The molecule has 6 heteroatoms. The minimum Gasteiger partial charge on any atom is -0.497 e. The van der Waals surface area contributed by atoms with Crippen LogP contribution < -0.4 is 10.1 Å². The molecule has 0 radical (unpaired) electrons. The van der Waals surface area contributed by atoms with Crippen LogP contribution in [0.3, 0.4) is 0 Å². The van der Waals surface area contributed by atoms with Crippen molar-refractivity contribution in [1.29, 1.82) is 0 Å². The van der Waals surface area contributed by atoms with Crippen molar-refractivity contribution in [1.82, 2.24) is 25.3 Å². The van der Waals surface area contributed by atoms with Crippen molar-refractivity contribution in [2.24, 2.45) is 7.05 Å². The molecular weight excluding hydrogens is 278 g/mol. The number of nitrogens with one attached hydrogen (secondary N) is 2. The average molecular weight is 297 g/mol. The third kappa shape index (κ3) is 3.35. The van der Waals surface area contributed by atoms with Crippen LogP contribution in [0, 0.1) is 0 Å². The molecule has 0 bridgehead atoms. The minimum atomic E-state index is 0.734. The molecule has 0 aliphatic carbocycles. The molecule has 3 aromatic rings. The molecule has 3 rings (SSSR count). The van der Waals surface area contributed by atoms with Crippen molar-refractivity contribution in [3.8, 4) is 17.0 Å². The zero-order valence-corrected chi connectivity index (χ0v) is 12.7. The highest BCUT2D eigenvalue weighted by molar-refractivity contribution is 5.60. The molecule has 0 saturated carbocycles. The van der Waals surface area contributed by atoms with E-state index in [4.69, 9.17) is 4.74 Å². The highest BCUT2D eigenvalue weighted by atomic mass is 16.5. The fraction of sp³-hybridized carbons (Fsp3) is 0.250. The quantitative estimate of drug-likeness (QED) is 0.731. The number of benzene rings is 1. The van der Waals surface area contributed by atoms with E-state index in [1.54, 1.807) is 11.8 Å². The van der Waals surface area contributed by atoms with E-state index in [2.05, 4.69) is 26.7 Å². The van der Waals surface area contributed by atoms with Gasteiger partial charge in [-0.2, -0.15) is 10.2 Å². The summed E-state index contributed by atoms with van der Waals surface area (Å²) in [6.45, 7) is 1.52. The lowest BCUT2D eigenvalue weighted by atomic mass is 10.1. The predicted octanol–water partition coefficient (Wildman–Crippen LogP) is 2.11. The minimum absolute atomic E-state index is 0.734. The summed E-state index contributed by atoms with van der Waals surface area (Å²) >= 11 is 0. The lowest BCUT2D eigenvalue weighted by Gasteiger charge is -2.00. The molecule has 0 saturated heterocycles. The molecule has 0 atom stereocenters. The number of methoxy groups -OCH3 is 1. The van der Waals surface area contributed by atoms with E-state index >= 15 is 0 Å². The Bertz CT molecular complexity index is 729. The first-order valence-corrected chi connectivity index (χ1v) is 7.11. The molecule has 0 amide bonds. The van der Waals surface area contributed by atoms with Crippen LogP contribution in [0.5, 0.6) is 5.75 Å². The summed E-state index contributed by atoms with van der Waals surface area (Å²) in [5.74, 6) is 0.845. The summed E-state index contributed by atoms with van der Waals surface area (Å²) in [7, 11) is 3.58. The number of aromatic nitrogens is 4. The van der Waals surface area contributed by atoms with Crippen LogP contribution in [0.25, 0.3) is 11.3 Å². The Morgan fingerprint density at radius 3 is 2.73 bits per heavy atom. The van der Waals surface area contributed by atoms with Gasteiger partial charge in [0.1, 0.15) is 5.75 Å². The largest absolute Gasteiger partial charge is 0.497 e. The maximum Gasteiger partial charge on any atom is 0.118 e. The number of H-pyrrole nitrogens is 1. The molecule has 0 aliphatic heterocycles. The molecule has 2 N–H and O–H groups in total. The van der Waals surface area contributed by atoms with Crippen LogP contribution in [0.1, 0.15) is 11.3 Å². The molecular formula is C16H19N5O. The van der Waals surface area contributed by atoms with Crippen molar-refractivity contribution in [3.05, 3.63) is 54.0 Å². The van der Waals surface area contributed by atoms with E-state index in [1.165, 1.54) is 0 Å². The number of hydrogen-bond acceptors (Lipinski definition) is 4. The summed E-state index contributed by atoms with van der Waals surface area (Å²) in [5, 5.41) is 14.9. The van der Waals surface area contributed by atoms with Crippen LogP contribution in [0.15, 0.2) is 42.7 Å². The molecule has 6 nitrogen and oxygen atoms in total. The molecule has 1 aromatic carbocycles. The Labute approximate surface area is 129 Å². The summed E-state index contributed by atoms with van der Waals surface area (Å²) in [6, 6.07) is 9.93. The first kappa shape index (κ1) is 14.3. The van der Waals surface area contributed by atoms with Gasteiger partial charge < -0.3 is 10.1 Å². The molecule has 0 fully saturated rings. The van der Waals surface area contributed by atoms with E-state index in [-0.39, 0.29) is 0 Å². The van der Waals surface area contributed by atoms with Gasteiger partial charge in [0.15, 0.2) is 0 Å². The Morgan fingerprint density at radius 1 is 1.23 bits per heavy atom. The fourth-order valence-electron chi connectivity index (χ4n) is 2.27. The molecule has 2 heterocycles. The average Bonchev–Trinajstić information content (AvgIpc) is 3.17. The van der Waals surface area contributed by atoms with Crippen LogP contribution in [-0.4, -0.2) is 27.1 Å². The third-order valence-corrected chi connectivity index (χ3v) is 3.42. The van der Waals surface area contributed by atoms with Gasteiger partial charge in [0, 0.05) is 43.2 Å². The lowest BCUT2D eigenvalue weighted by Crippen LogP contribution is -2.12. The highest BCUT2D eigenvalue weighted by Crippen LogP contribution is 2.21. The van der Waals surface area contributed by atoms with Gasteiger partial charge in [-0.3, -0.25) is 9.78 Å². The topological polar surface area (TPSA) is 67.8 Å². The monoisotopic (exact) mass is 297 g/mol. The van der Waals surface area contributed by atoms with Crippen LogP contribution >= 0.6 is 0 Å². The number of aryl methyl sites for hydroxylation is 1. The maximum absolute atomic E-state index is 5.16. The van der Waals surface area contributed by atoms with Gasteiger partial charge in [-0.1, -0.05) is 0 Å². The molecule has 2 aromatic heterocycles. The zero-order valence-electron chi connectivity index (χ0n) is 12.7. The summed E-state index contributed by atoms with van der Waals surface area (Å²) < 4.78 is 6.96. The molecule has 0 aliphatic rings. The second-order valence-electron chi connectivity index (χ2n) is 5.13. The van der Waals surface area contributed by atoms with E-state index in [9.17, 15) is 0 Å². The van der Waals surface area contributed by atoms with Crippen LogP contribution in [-0.2, 0) is 20.1 Å². The van der Waals surface area contributed by atoms with Crippen molar-refractivity contribution < 1.29 is 4.74 Å². The zero-order chi connectivity index (χ0) is 15.4. The lowest BCUT2D eigenvalue weighted by molar-refractivity contribution is 0.415. The van der Waals surface area contributed by atoms with Crippen molar-refractivity contribution >= 4 is 0 Å². The first-order chi connectivity index (χ1) is 10.7. The Hall–Kier alpha value is -2.60. The fourth-order valence-corrected chi connectivity index (χ4v) is 2.27. The molecule has 0 spiro atoms. The van der Waals surface area contributed by atoms with E-state index < -0.39 is 0 Å². The second-order valence-corrected chi connectivity index (χ2v) is 5.13. The van der Waals surface area contributed by atoms with Gasteiger partial charge in [0.25, 0.3) is 0 Å². The number of nitrogens with zero attached hydrogens (tertiary/aromatic N) is 3. The number of rotatable bonds is 6. The number of hydrogen-bond donors (Lipinski definition) is 2. The van der Waals surface area contributed by atoms with E-state index in [0.717, 1.165) is 41.4 Å². The van der Waals surface area contributed by atoms with Gasteiger partial charge in [-0.05, 0) is 30.3 Å².